The van der Waals surface area contributed by atoms with Crippen LogP contribution in [0.15, 0.2) is 35.7 Å². The van der Waals surface area contributed by atoms with E-state index in [2.05, 4.69) is 15.6 Å². The van der Waals surface area contributed by atoms with Crippen molar-refractivity contribution in [3.05, 3.63) is 41.7 Å². The molecule has 0 atom stereocenters. The number of hydrogen-bond donors (Lipinski definition) is 1. The summed E-state index contributed by atoms with van der Waals surface area (Å²) in [6, 6.07) is 4.26. The number of aromatic nitrogens is 2. The van der Waals surface area contributed by atoms with Gasteiger partial charge in [-0.05, 0) is 25.5 Å². The molecule has 0 aliphatic carbocycles. The van der Waals surface area contributed by atoms with E-state index in [-0.39, 0.29) is 24.9 Å². The average Bonchev–Trinajstić information content (AvgIpc) is 3.04. The average molecular weight is 338 g/mol. The molecule has 1 aromatic heterocycles. The number of nitrogens with one attached hydrogen (secondary N) is 1. The minimum Gasteiger partial charge on any atom is -0.353 e. The van der Waals surface area contributed by atoms with Gasteiger partial charge in [0.05, 0.1) is 24.1 Å². The van der Waals surface area contributed by atoms with Gasteiger partial charge in [-0.1, -0.05) is 12.1 Å². The molecule has 0 saturated carbocycles. The normalized spacial score (nSPS) is 15.3. The molecule has 0 saturated heterocycles. The summed E-state index contributed by atoms with van der Waals surface area (Å²) in [5, 5.41) is 8.13. The molecule has 128 valence electrons. The van der Waals surface area contributed by atoms with Crippen LogP contribution in [-0.2, 0) is 10.9 Å². The van der Waals surface area contributed by atoms with Crippen molar-refractivity contribution in [1.82, 2.24) is 15.2 Å². The van der Waals surface area contributed by atoms with E-state index in [0.717, 1.165) is 6.07 Å². The SMILES string of the molecule is CC(C)n1cc(-c2ccc(C3=NNCOC3)cc2C(F)(F)F)cn1. The van der Waals surface area contributed by atoms with Crippen LogP contribution in [0.25, 0.3) is 11.1 Å². The molecule has 2 heterocycles. The number of hydrazone groups is 1. The van der Waals surface area contributed by atoms with Gasteiger partial charge < -0.3 is 4.74 Å². The first-order chi connectivity index (χ1) is 11.4. The number of rotatable bonds is 3. The summed E-state index contributed by atoms with van der Waals surface area (Å²) in [5.74, 6) is 0. The van der Waals surface area contributed by atoms with Gasteiger partial charge >= 0.3 is 6.18 Å². The lowest BCUT2D eigenvalue weighted by Crippen LogP contribution is -2.26. The number of nitrogens with zero attached hydrogens (tertiary/aromatic N) is 3. The standard InChI is InChI=1S/C16H17F3N4O/c1-10(2)23-7-12(6-21-23)13-4-3-11(5-14(13)16(17,18)19)15-8-24-9-20-22-15/h3-7,10,20H,8-9H2,1-2H3. The zero-order valence-electron chi connectivity index (χ0n) is 13.3. The number of ether oxygens (including phenoxy) is 1. The van der Waals surface area contributed by atoms with Crippen LogP contribution >= 0.6 is 0 Å². The molecule has 0 bridgehead atoms. The van der Waals surface area contributed by atoms with Crippen LogP contribution in [0.5, 0.6) is 0 Å². The Labute approximate surface area is 137 Å². The molecule has 0 radical (unpaired) electrons. The van der Waals surface area contributed by atoms with Gasteiger partial charge in [-0.25, -0.2) is 0 Å². The molecule has 24 heavy (non-hydrogen) atoms. The number of benzene rings is 1. The molecule has 0 fully saturated rings. The van der Waals surface area contributed by atoms with Crippen molar-refractivity contribution in [2.24, 2.45) is 5.10 Å². The van der Waals surface area contributed by atoms with Crippen molar-refractivity contribution in [3.63, 3.8) is 0 Å². The lowest BCUT2D eigenvalue weighted by Gasteiger charge is -2.17. The predicted octanol–water partition coefficient (Wildman–Crippen LogP) is 3.43. The Hall–Kier alpha value is -2.35. The third kappa shape index (κ3) is 3.28. The fraction of sp³-hybridized carbons (Fsp3) is 0.375. The molecule has 8 heteroatoms. The molecular formula is C16H17F3N4O. The maximum atomic E-state index is 13.5. The monoisotopic (exact) mass is 338 g/mol. The fourth-order valence-corrected chi connectivity index (χ4v) is 2.47. The minimum absolute atomic E-state index is 0.0761. The summed E-state index contributed by atoms with van der Waals surface area (Å²) >= 11 is 0. The van der Waals surface area contributed by atoms with Gasteiger partial charge in [0.25, 0.3) is 0 Å². The van der Waals surface area contributed by atoms with E-state index in [9.17, 15) is 13.2 Å². The Balaban J connectivity index is 2.07. The molecule has 0 spiro atoms. The van der Waals surface area contributed by atoms with Crippen LogP contribution in [0.2, 0.25) is 0 Å². The lowest BCUT2D eigenvalue weighted by molar-refractivity contribution is -0.137. The van der Waals surface area contributed by atoms with Crippen molar-refractivity contribution in [2.45, 2.75) is 26.1 Å². The highest BCUT2D eigenvalue weighted by Crippen LogP contribution is 2.38. The Morgan fingerprint density at radius 1 is 1.25 bits per heavy atom. The van der Waals surface area contributed by atoms with Crippen molar-refractivity contribution in [1.29, 1.82) is 0 Å². The third-order valence-corrected chi connectivity index (χ3v) is 3.72. The van der Waals surface area contributed by atoms with Crippen molar-refractivity contribution in [2.75, 3.05) is 13.3 Å². The maximum Gasteiger partial charge on any atom is 0.417 e. The molecule has 1 aromatic carbocycles. The molecular weight excluding hydrogens is 321 g/mol. The zero-order valence-corrected chi connectivity index (χ0v) is 13.3. The second-order valence-electron chi connectivity index (χ2n) is 5.77. The van der Waals surface area contributed by atoms with Crippen molar-refractivity contribution in [3.8, 4) is 11.1 Å². The quantitative estimate of drug-likeness (QED) is 0.933. The minimum atomic E-state index is -4.48. The predicted molar refractivity (Wildman–Crippen MR) is 83.5 cm³/mol. The van der Waals surface area contributed by atoms with Crippen LogP contribution < -0.4 is 5.43 Å². The number of alkyl halides is 3. The summed E-state index contributed by atoms with van der Waals surface area (Å²) in [7, 11) is 0. The van der Waals surface area contributed by atoms with Gasteiger partial charge in [-0.3, -0.25) is 10.1 Å². The maximum absolute atomic E-state index is 13.5. The summed E-state index contributed by atoms with van der Waals surface area (Å²) in [4.78, 5) is 0. The Morgan fingerprint density at radius 3 is 2.62 bits per heavy atom. The topological polar surface area (TPSA) is 51.4 Å². The Kier molecular flexibility index (Phi) is 4.31. The summed E-state index contributed by atoms with van der Waals surface area (Å²) in [6.07, 6.45) is -1.40. The lowest BCUT2D eigenvalue weighted by atomic mass is 9.97. The highest BCUT2D eigenvalue weighted by atomic mass is 19.4. The van der Waals surface area contributed by atoms with Crippen LogP contribution in [-0.4, -0.2) is 28.8 Å². The van der Waals surface area contributed by atoms with Crippen LogP contribution in [0.3, 0.4) is 0 Å². The number of hydrogen-bond acceptors (Lipinski definition) is 4. The van der Waals surface area contributed by atoms with Crippen molar-refractivity contribution < 1.29 is 17.9 Å². The van der Waals surface area contributed by atoms with Gasteiger partial charge in [0.2, 0.25) is 0 Å². The second-order valence-corrected chi connectivity index (χ2v) is 5.77. The van der Waals surface area contributed by atoms with E-state index >= 15 is 0 Å². The van der Waals surface area contributed by atoms with Crippen LogP contribution in [0, 0.1) is 0 Å². The molecule has 0 unspecified atom stereocenters. The van der Waals surface area contributed by atoms with Gasteiger partial charge in [0.1, 0.15) is 6.73 Å². The first-order valence-electron chi connectivity index (χ1n) is 7.49. The first-order valence-corrected chi connectivity index (χ1v) is 7.49. The summed E-state index contributed by atoms with van der Waals surface area (Å²) in [6.45, 7) is 4.26. The molecule has 3 rings (SSSR count). The van der Waals surface area contributed by atoms with Gasteiger partial charge in [-0.15, -0.1) is 0 Å². The van der Waals surface area contributed by atoms with Crippen molar-refractivity contribution >= 4 is 5.71 Å². The van der Waals surface area contributed by atoms with E-state index in [1.807, 2.05) is 13.8 Å². The molecule has 1 aliphatic heterocycles. The van der Waals surface area contributed by atoms with E-state index in [4.69, 9.17) is 4.74 Å². The molecule has 2 aromatic rings. The summed E-state index contributed by atoms with van der Waals surface area (Å²) in [5.41, 5.74) is 3.27. The first kappa shape index (κ1) is 16.5. The second kappa shape index (κ2) is 6.27. The third-order valence-electron chi connectivity index (χ3n) is 3.72. The molecule has 1 aliphatic rings. The van der Waals surface area contributed by atoms with Crippen LogP contribution in [0.4, 0.5) is 13.2 Å². The Morgan fingerprint density at radius 2 is 2.04 bits per heavy atom. The molecule has 5 nitrogen and oxygen atoms in total. The van der Waals surface area contributed by atoms with E-state index in [0.29, 0.717) is 16.8 Å². The highest BCUT2D eigenvalue weighted by Gasteiger charge is 2.34. The molecule has 0 amide bonds. The van der Waals surface area contributed by atoms with Gasteiger partial charge in [0.15, 0.2) is 0 Å². The van der Waals surface area contributed by atoms with E-state index < -0.39 is 11.7 Å². The zero-order chi connectivity index (χ0) is 17.3. The fourth-order valence-electron chi connectivity index (χ4n) is 2.47. The van der Waals surface area contributed by atoms with E-state index in [1.54, 1.807) is 16.9 Å². The van der Waals surface area contributed by atoms with Gasteiger partial charge in [-0.2, -0.15) is 23.4 Å². The summed E-state index contributed by atoms with van der Waals surface area (Å²) < 4.78 is 47.4. The highest BCUT2D eigenvalue weighted by molar-refractivity contribution is 6.02. The number of halogens is 3. The van der Waals surface area contributed by atoms with Gasteiger partial charge in [0, 0.05) is 23.4 Å². The molecule has 1 N–H and O–H groups in total. The largest absolute Gasteiger partial charge is 0.417 e. The smallest absolute Gasteiger partial charge is 0.353 e. The Bertz CT molecular complexity index is 765. The van der Waals surface area contributed by atoms with E-state index in [1.165, 1.54) is 12.3 Å². The van der Waals surface area contributed by atoms with Crippen LogP contribution in [0.1, 0.15) is 31.0 Å².